The Morgan fingerprint density at radius 2 is 1.96 bits per heavy atom. The van der Waals surface area contributed by atoms with E-state index in [1.54, 1.807) is 30.3 Å². The summed E-state index contributed by atoms with van der Waals surface area (Å²) >= 11 is 12.0. The van der Waals surface area contributed by atoms with E-state index in [1.807, 2.05) is 6.92 Å². The van der Waals surface area contributed by atoms with Crippen molar-refractivity contribution in [2.24, 2.45) is 5.73 Å². The fourth-order valence-electron chi connectivity index (χ4n) is 2.80. The molecule has 0 amide bonds. The summed E-state index contributed by atoms with van der Waals surface area (Å²) in [6.45, 7) is 3.10. The lowest BCUT2D eigenvalue weighted by molar-refractivity contribution is 0.136. The largest absolute Gasteiger partial charge is 0.472 e. The van der Waals surface area contributed by atoms with Crippen LogP contribution in [0.4, 0.5) is 0 Å². The number of nitrogens with two attached hydrogens (primary N) is 1. The van der Waals surface area contributed by atoms with Gasteiger partial charge in [0.15, 0.2) is 0 Å². The SMILES string of the molecule is Cc1nc(OC2CCOC2)ccc1[C@@H](O)[C@@H](N)c1ccc(Cl)c(Cl)c1.Cl.Cl. The number of rotatable bonds is 5. The van der Waals surface area contributed by atoms with Crippen LogP contribution >= 0.6 is 48.0 Å². The van der Waals surface area contributed by atoms with Crippen molar-refractivity contribution >= 4 is 48.0 Å². The van der Waals surface area contributed by atoms with Crippen molar-refractivity contribution in [3.05, 3.63) is 57.2 Å². The van der Waals surface area contributed by atoms with Crippen molar-refractivity contribution in [1.29, 1.82) is 0 Å². The molecule has 3 rings (SSSR count). The average Bonchev–Trinajstić information content (AvgIpc) is 3.09. The molecule has 3 N–H and O–H groups in total. The molecule has 2 heterocycles. The number of benzene rings is 1. The van der Waals surface area contributed by atoms with Crippen molar-refractivity contribution in [1.82, 2.24) is 4.98 Å². The van der Waals surface area contributed by atoms with Gasteiger partial charge in [0.25, 0.3) is 0 Å². The molecule has 1 fully saturated rings. The van der Waals surface area contributed by atoms with Gasteiger partial charge in [-0.1, -0.05) is 29.3 Å². The monoisotopic (exact) mass is 454 g/mol. The van der Waals surface area contributed by atoms with Crippen LogP contribution < -0.4 is 10.5 Å². The van der Waals surface area contributed by atoms with Crippen molar-refractivity contribution in [2.75, 3.05) is 13.2 Å². The highest BCUT2D eigenvalue weighted by molar-refractivity contribution is 6.42. The average molecular weight is 456 g/mol. The minimum Gasteiger partial charge on any atom is -0.472 e. The maximum atomic E-state index is 10.7. The van der Waals surface area contributed by atoms with Gasteiger partial charge in [0.05, 0.1) is 35.4 Å². The lowest BCUT2D eigenvalue weighted by Crippen LogP contribution is -2.21. The molecule has 0 aliphatic carbocycles. The van der Waals surface area contributed by atoms with Crippen molar-refractivity contribution in [3.63, 3.8) is 0 Å². The van der Waals surface area contributed by atoms with Gasteiger partial charge < -0.3 is 20.3 Å². The van der Waals surface area contributed by atoms with Gasteiger partial charge in [0.1, 0.15) is 6.10 Å². The van der Waals surface area contributed by atoms with Gasteiger partial charge in [-0.3, -0.25) is 0 Å². The fraction of sp³-hybridized carbons (Fsp3) is 0.389. The summed E-state index contributed by atoms with van der Waals surface area (Å²) in [5.41, 5.74) is 8.21. The Bertz CT molecular complexity index is 757. The first-order valence-electron chi connectivity index (χ1n) is 8.06. The van der Waals surface area contributed by atoms with E-state index in [2.05, 4.69) is 4.98 Å². The fourth-order valence-corrected chi connectivity index (χ4v) is 3.11. The Labute approximate surface area is 181 Å². The highest BCUT2D eigenvalue weighted by Crippen LogP contribution is 2.32. The molecule has 27 heavy (non-hydrogen) atoms. The number of halogens is 4. The van der Waals surface area contributed by atoms with E-state index in [1.165, 1.54) is 0 Å². The Balaban J connectivity index is 0.00000182. The molecule has 1 aromatic carbocycles. The standard InChI is InChI=1S/C18H20Cl2N2O3.2ClH/c1-10-13(3-5-16(22-10)25-12-6-7-24-9-12)18(23)17(21)11-2-4-14(19)15(20)8-11;;/h2-5,8,12,17-18,23H,6-7,9,21H2,1H3;2*1H/t12?,17-,18+;;/m0../s1. The van der Waals surface area contributed by atoms with Crippen LogP contribution in [0.15, 0.2) is 30.3 Å². The van der Waals surface area contributed by atoms with Gasteiger partial charge in [-0.15, -0.1) is 24.8 Å². The summed E-state index contributed by atoms with van der Waals surface area (Å²) < 4.78 is 11.1. The Hall–Kier alpha value is -0.790. The second-order valence-electron chi connectivity index (χ2n) is 6.07. The molecule has 9 heteroatoms. The molecule has 0 spiro atoms. The van der Waals surface area contributed by atoms with Gasteiger partial charge in [0.2, 0.25) is 5.88 Å². The maximum Gasteiger partial charge on any atom is 0.213 e. The molecule has 1 aliphatic rings. The van der Waals surface area contributed by atoms with Crippen LogP contribution in [0.5, 0.6) is 5.88 Å². The molecule has 1 aliphatic heterocycles. The molecule has 150 valence electrons. The molecule has 0 bridgehead atoms. The molecule has 5 nitrogen and oxygen atoms in total. The number of aliphatic hydroxyl groups excluding tert-OH is 1. The molecular weight excluding hydrogens is 434 g/mol. The number of pyridine rings is 1. The number of ether oxygens (including phenoxy) is 2. The second kappa shape index (κ2) is 10.7. The van der Waals surface area contributed by atoms with E-state index < -0.39 is 12.1 Å². The van der Waals surface area contributed by atoms with Crippen LogP contribution in [-0.2, 0) is 4.74 Å². The first kappa shape index (κ1) is 24.2. The molecule has 2 aromatic rings. The summed E-state index contributed by atoms with van der Waals surface area (Å²) in [7, 11) is 0. The van der Waals surface area contributed by atoms with E-state index in [4.69, 9.17) is 38.4 Å². The predicted octanol–water partition coefficient (Wildman–Crippen LogP) is 4.44. The highest BCUT2D eigenvalue weighted by Gasteiger charge is 2.23. The first-order valence-corrected chi connectivity index (χ1v) is 8.82. The molecular formula is C18H22Cl4N2O3. The molecule has 3 atom stereocenters. The summed E-state index contributed by atoms with van der Waals surface area (Å²) in [6.07, 6.45) is -0.0393. The van der Waals surface area contributed by atoms with E-state index in [9.17, 15) is 5.11 Å². The summed E-state index contributed by atoms with van der Waals surface area (Å²) in [5.74, 6) is 0.520. The predicted molar refractivity (Wildman–Crippen MR) is 112 cm³/mol. The van der Waals surface area contributed by atoms with Gasteiger partial charge in [0, 0.05) is 23.7 Å². The summed E-state index contributed by atoms with van der Waals surface area (Å²) in [4.78, 5) is 4.42. The zero-order valence-corrected chi connectivity index (χ0v) is 17.7. The van der Waals surface area contributed by atoms with Crippen LogP contribution in [0, 0.1) is 6.92 Å². The topological polar surface area (TPSA) is 77.6 Å². The number of aromatic nitrogens is 1. The van der Waals surface area contributed by atoms with Crippen LogP contribution in [0.2, 0.25) is 10.0 Å². The summed E-state index contributed by atoms with van der Waals surface area (Å²) in [5, 5.41) is 11.5. The number of aryl methyl sites for hydroxylation is 1. The maximum absolute atomic E-state index is 10.7. The van der Waals surface area contributed by atoms with E-state index in [0.717, 1.165) is 6.42 Å². The number of hydrogen-bond donors (Lipinski definition) is 2. The zero-order valence-electron chi connectivity index (χ0n) is 14.6. The Morgan fingerprint density at radius 3 is 2.56 bits per heavy atom. The third-order valence-corrected chi connectivity index (χ3v) is 5.00. The lowest BCUT2D eigenvalue weighted by atomic mass is 9.96. The van der Waals surface area contributed by atoms with Crippen LogP contribution in [0.1, 0.15) is 35.4 Å². The lowest BCUT2D eigenvalue weighted by Gasteiger charge is -2.22. The van der Waals surface area contributed by atoms with Crippen molar-refractivity contribution in [2.45, 2.75) is 31.6 Å². The third-order valence-electron chi connectivity index (χ3n) is 4.26. The van der Waals surface area contributed by atoms with Crippen LogP contribution in [-0.4, -0.2) is 29.4 Å². The number of aliphatic hydroxyl groups is 1. The smallest absolute Gasteiger partial charge is 0.213 e. The summed E-state index contributed by atoms with van der Waals surface area (Å²) in [6, 6.07) is 7.96. The molecule has 1 aromatic heterocycles. The molecule has 1 unspecified atom stereocenters. The minimum atomic E-state index is -0.923. The minimum absolute atomic E-state index is 0. The Morgan fingerprint density at radius 1 is 1.22 bits per heavy atom. The normalized spacial score (nSPS) is 18.2. The molecule has 0 radical (unpaired) electrons. The molecule has 1 saturated heterocycles. The van der Waals surface area contributed by atoms with Gasteiger partial charge in [-0.2, -0.15) is 0 Å². The first-order chi connectivity index (χ1) is 12.0. The number of hydrogen-bond acceptors (Lipinski definition) is 5. The highest BCUT2D eigenvalue weighted by atomic mass is 35.5. The van der Waals surface area contributed by atoms with E-state index in [0.29, 0.717) is 46.0 Å². The Kier molecular flexibility index (Phi) is 9.58. The van der Waals surface area contributed by atoms with Gasteiger partial charge in [-0.05, 0) is 30.7 Å². The third kappa shape index (κ3) is 5.84. The van der Waals surface area contributed by atoms with Crippen molar-refractivity contribution < 1.29 is 14.6 Å². The van der Waals surface area contributed by atoms with E-state index >= 15 is 0 Å². The molecule has 0 saturated carbocycles. The second-order valence-corrected chi connectivity index (χ2v) is 6.89. The van der Waals surface area contributed by atoms with Crippen LogP contribution in [0.25, 0.3) is 0 Å². The van der Waals surface area contributed by atoms with E-state index in [-0.39, 0.29) is 30.9 Å². The van der Waals surface area contributed by atoms with Crippen LogP contribution in [0.3, 0.4) is 0 Å². The van der Waals surface area contributed by atoms with Gasteiger partial charge >= 0.3 is 0 Å². The van der Waals surface area contributed by atoms with Crippen molar-refractivity contribution in [3.8, 4) is 5.88 Å². The number of nitrogens with zero attached hydrogens (tertiary/aromatic N) is 1. The van der Waals surface area contributed by atoms with Gasteiger partial charge in [-0.25, -0.2) is 4.98 Å². The zero-order chi connectivity index (χ0) is 18.0. The quantitative estimate of drug-likeness (QED) is 0.696.